The zero-order chi connectivity index (χ0) is 18.4. The maximum Gasteiger partial charge on any atom is 0.343 e. The minimum absolute atomic E-state index is 0.139. The number of hydrogen-bond donors (Lipinski definition) is 2. The summed E-state index contributed by atoms with van der Waals surface area (Å²) in [7, 11) is 0. The Morgan fingerprint density at radius 3 is 2.58 bits per heavy atom. The second-order valence-electron chi connectivity index (χ2n) is 5.77. The third-order valence-electron chi connectivity index (χ3n) is 3.79. The van der Waals surface area contributed by atoms with Gasteiger partial charge in [-0.05, 0) is 36.2 Å². The zero-order valence-electron chi connectivity index (χ0n) is 14.4. The summed E-state index contributed by atoms with van der Waals surface area (Å²) in [5.41, 5.74) is 2.25. The highest BCUT2D eigenvalue weighted by atomic mass is 32.2. The first-order valence-electron chi connectivity index (χ1n) is 8.40. The van der Waals surface area contributed by atoms with Crippen molar-refractivity contribution in [2.75, 3.05) is 5.32 Å². The van der Waals surface area contributed by atoms with Crippen LogP contribution in [0.3, 0.4) is 0 Å². The number of anilines is 1. The van der Waals surface area contributed by atoms with Crippen molar-refractivity contribution in [1.29, 1.82) is 0 Å². The number of amides is 1. The summed E-state index contributed by atoms with van der Waals surface area (Å²) in [5, 5.41) is 10.1. The van der Waals surface area contributed by atoms with Gasteiger partial charge in [-0.1, -0.05) is 49.0 Å². The molecular weight excluding hydrogens is 348 g/mol. The molecule has 7 heteroatoms. The van der Waals surface area contributed by atoms with Gasteiger partial charge in [-0.15, -0.1) is 5.10 Å². The SMILES string of the molecule is CCCn1c(SCc2ccc(C(=O)Nc3ccccc3)cc2)n[nH]c1=O. The molecule has 0 bridgehead atoms. The van der Waals surface area contributed by atoms with Gasteiger partial charge in [0.05, 0.1) is 0 Å². The number of benzene rings is 2. The Kier molecular flexibility index (Phi) is 5.91. The summed E-state index contributed by atoms with van der Waals surface area (Å²) >= 11 is 1.50. The molecule has 6 nitrogen and oxygen atoms in total. The number of rotatable bonds is 7. The smallest absolute Gasteiger partial charge is 0.322 e. The topological polar surface area (TPSA) is 79.8 Å². The molecule has 1 heterocycles. The molecule has 0 aliphatic heterocycles. The van der Waals surface area contributed by atoms with Crippen molar-refractivity contribution in [3.05, 3.63) is 76.2 Å². The van der Waals surface area contributed by atoms with Crippen LogP contribution < -0.4 is 11.0 Å². The number of carbonyl (C=O) groups is 1. The standard InChI is InChI=1S/C19H20N4O2S/c1-2-12-23-18(25)21-22-19(23)26-13-14-8-10-15(11-9-14)17(24)20-16-6-4-3-5-7-16/h3-11H,2,12-13H2,1H3,(H,20,24)(H,21,25). The first-order valence-corrected chi connectivity index (χ1v) is 9.39. The van der Waals surface area contributed by atoms with Gasteiger partial charge in [0.15, 0.2) is 5.16 Å². The number of nitrogens with zero attached hydrogens (tertiary/aromatic N) is 2. The molecule has 0 radical (unpaired) electrons. The first kappa shape index (κ1) is 18.0. The number of para-hydroxylation sites is 1. The van der Waals surface area contributed by atoms with Gasteiger partial charge in [0.1, 0.15) is 0 Å². The molecule has 0 fully saturated rings. The van der Waals surface area contributed by atoms with E-state index in [-0.39, 0.29) is 11.6 Å². The number of aromatic nitrogens is 3. The Hall–Kier alpha value is -2.80. The van der Waals surface area contributed by atoms with E-state index in [2.05, 4.69) is 15.5 Å². The quantitative estimate of drug-likeness (QED) is 0.625. The van der Waals surface area contributed by atoms with Crippen LogP contribution in [0.5, 0.6) is 0 Å². The molecule has 26 heavy (non-hydrogen) atoms. The van der Waals surface area contributed by atoms with Crippen LogP contribution in [0.1, 0.15) is 29.3 Å². The minimum Gasteiger partial charge on any atom is -0.322 e. The number of carbonyl (C=O) groups excluding carboxylic acids is 1. The molecule has 0 spiro atoms. The normalized spacial score (nSPS) is 10.7. The van der Waals surface area contributed by atoms with E-state index >= 15 is 0 Å². The lowest BCUT2D eigenvalue weighted by Crippen LogP contribution is -2.17. The Bertz CT molecular complexity index is 917. The Morgan fingerprint density at radius 1 is 1.15 bits per heavy atom. The molecule has 2 aromatic carbocycles. The summed E-state index contributed by atoms with van der Waals surface area (Å²) < 4.78 is 1.65. The molecule has 0 unspecified atom stereocenters. The van der Waals surface area contributed by atoms with Crippen molar-refractivity contribution >= 4 is 23.4 Å². The van der Waals surface area contributed by atoms with Crippen molar-refractivity contribution in [3.8, 4) is 0 Å². The van der Waals surface area contributed by atoms with Crippen LogP contribution in [-0.2, 0) is 12.3 Å². The lowest BCUT2D eigenvalue weighted by atomic mass is 10.1. The molecule has 0 saturated carbocycles. The Balaban J connectivity index is 1.61. The molecule has 0 saturated heterocycles. The zero-order valence-corrected chi connectivity index (χ0v) is 15.3. The van der Waals surface area contributed by atoms with Crippen molar-refractivity contribution in [3.63, 3.8) is 0 Å². The van der Waals surface area contributed by atoms with Crippen molar-refractivity contribution < 1.29 is 4.79 Å². The Labute approximate surface area is 155 Å². The number of hydrogen-bond acceptors (Lipinski definition) is 4. The molecule has 0 atom stereocenters. The highest BCUT2D eigenvalue weighted by Gasteiger charge is 2.09. The lowest BCUT2D eigenvalue weighted by Gasteiger charge is -2.07. The predicted octanol–water partition coefficient (Wildman–Crippen LogP) is 3.53. The van der Waals surface area contributed by atoms with Crippen LogP contribution in [0.2, 0.25) is 0 Å². The van der Waals surface area contributed by atoms with Crippen LogP contribution >= 0.6 is 11.8 Å². The summed E-state index contributed by atoms with van der Waals surface area (Å²) in [4.78, 5) is 24.0. The molecule has 3 rings (SSSR count). The monoisotopic (exact) mass is 368 g/mol. The molecular formula is C19H20N4O2S. The maximum absolute atomic E-state index is 12.3. The fraction of sp³-hybridized carbons (Fsp3) is 0.211. The van der Waals surface area contributed by atoms with Crippen molar-refractivity contribution in [2.24, 2.45) is 0 Å². The van der Waals surface area contributed by atoms with Crippen molar-refractivity contribution in [2.45, 2.75) is 30.8 Å². The minimum atomic E-state index is -0.178. The highest BCUT2D eigenvalue weighted by molar-refractivity contribution is 7.98. The van der Waals surface area contributed by atoms with Gasteiger partial charge in [0.2, 0.25) is 0 Å². The van der Waals surface area contributed by atoms with Gasteiger partial charge in [-0.3, -0.25) is 9.36 Å². The van der Waals surface area contributed by atoms with E-state index in [1.54, 1.807) is 16.7 Å². The molecule has 0 aliphatic rings. The third kappa shape index (κ3) is 4.43. The maximum atomic E-state index is 12.3. The summed E-state index contributed by atoms with van der Waals surface area (Å²) in [6.45, 7) is 2.67. The number of thioether (sulfide) groups is 1. The number of aromatic amines is 1. The molecule has 1 amide bonds. The van der Waals surface area contributed by atoms with Gasteiger partial charge >= 0.3 is 5.69 Å². The number of nitrogens with one attached hydrogen (secondary N) is 2. The van der Waals surface area contributed by atoms with Gasteiger partial charge in [-0.25, -0.2) is 9.89 Å². The van der Waals surface area contributed by atoms with E-state index in [0.717, 1.165) is 17.7 Å². The second kappa shape index (κ2) is 8.53. The lowest BCUT2D eigenvalue weighted by molar-refractivity contribution is 0.102. The van der Waals surface area contributed by atoms with E-state index in [1.807, 2.05) is 49.4 Å². The van der Waals surface area contributed by atoms with Gasteiger partial charge in [0, 0.05) is 23.5 Å². The van der Waals surface area contributed by atoms with Crippen LogP contribution in [0.4, 0.5) is 5.69 Å². The van der Waals surface area contributed by atoms with Gasteiger partial charge in [-0.2, -0.15) is 0 Å². The second-order valence-corrected chi connectivity index (χ2v) is 6.71. The highest BCUT2D eigenvalue weighted by Crippen LogP contribution is 2.20. The van der Waals surface area contributed by atoms with E-state index in [0.29, 0.717) is 23.0 Å². The molecule has 3 aromatic rings. The molecule has 134 valence electrons. The van der Waals surface area contributed by atoms with Crippen LogP contribution in [-0.4, -0.2) is 20.7 Å². The first-order chi connectivity index (χ1) is 12.7. The summed E-state index contributed by atoms with van der Waals surface area (Å²) in [5.74, 6) is 0.536. The van der Waals surface area contributed by atoms with Crippen LogP contribution in [0, 0.1) is 0 Å². The average Bonchev–Trinajstić information content (AvgIpc) is 3.01. The van der Waals surface area contributed by atoms with E-state index < -0.39 is 0 Å². The predicted molar refractivity (Wildman–Crippen MR) is 104 cm³/mol. The van der Waals surface area contributed by atoms with Gasteiger partial charge < -0.3 is 5.32 Å². The third-order valence-corrected chi connectivity index (χ3v) is 4.83. The molecule has 2 N–H and O–H groups in total. The molecule has 1 aromatic heterocycles. The summed E-state index contributed by atoms with van der Waals surface area (Å²) in [6.07, 6.45) is 0.873. The van der Waals surface area contributed by atoms with Crippen molar-refractivity contribution in [1.82, 2.24) is 14.8 Å². The van der Waals surface area contributed by atoms with Crippen LogP contribution in [0.15, 0.2) is 64.5 Å². The number of H-pyrrole nitrogens is 1. The van der Waals surface area contributed by atoms with E-state index in [4.69, 9.17) is 0 Å². The summed E-state index contributed by atoms with van der Waals surface area (Å²) in [6, 6.07) is 16.8. The largest absolute Gasteiger partial charge is 0.343 e. The Morgan fingerprint density at radius 2 is 1.88 bits per heavy atom. The fourth-order valence-corrected chi connectivity index (χ4v) is 3.39. The van der Waals surface area contributed by atoms with E-state index in [9.17, 15) is 9.59 Å². The molecule has 0 aliphatic carbocycles. The fourth-order valence-electron chi connectivity index (χ4n) is 2.46. The average molecular weight is 368 g/mol. The van der Waals surface area contributed by atoms with Gasteiger partial charge in [0.25, 0.3) is 5.91 Å². The van der Waals surface area contributed by atoms with E-state index in [1.165, 1.54) is 11.8 Å². The van der Waals surface area contributed by atoms with Crippen LogP contribution in [0.25, 0.3) is 0 Å².